The number of hydrazone groups is 1. The number of aryl methyl sites for hydroxylation is 1. The van der Waals surface area contributed by atoms with Crippen molar-refractivity contribution in [3.8, 4) is 5.75 Å². The Morgan fingerprint density at radius 2 is 1.86 bits per heavy atom. The lowest BCUT2D eigenvalue weighted by molar-refractivity contribution is -0.123. The highest BCUT2D eigenvalue weighted by molar-refractivity contribution is 5.96. The Morgan fingerprint density at radius 3 is 2.59 bits per heavy atom. The summed E-state index contributed by atoms with van der Waals surface area (Å²) in [6.45, 7) is 2.09. The number of amides is 2. The molecule has 0 fully saturated rings. The zero-order valence-electron chi connectivity index (χ0n) is 15.9. The first-order valence-corrected chi connectivity index (χ1v) is 9.03. The van der Waals surface area contributed by atoms with E-state index in [1.54, 1.807) is 48.7 Å². The minimum absolute atomic E-state index is 0.0966. The molecule has 0 aliphatic carbocycles. The third kappa shape index (κ3) is 6.07. The number of carbonyl (C=O) groups excluding carboxylic acids is 2. The molecule has 0 spiro atoms. The average Bonchev–Trinajstić information content (AvgIpc) is 3.25. The van der Waals surface area contributed by atoms with Crippen molar-refractivity contribution >= 4 is 18.0 Å². The Hall–Kier alpha value is -3.87. The molecular formula is C22H21N3O4. The normalized spacial score (nSPS) is 10.7. The Balaban J connectivity index is 1.43. The van der Waals surface area contributed by atoms with Crippen LogP contribution in [-0.2, 0) is 11.3 Å². The van der Waals surface area contributed by atoms with Crippen LogP contribution in [0.15, 0.2) is 76.4 Å². The van der Waals surface area contributed by atoms with Gasteiger partial charge in [-0.1, -0.05) is 18.2 Å². The minimum atomic E-state index is -0.264. The zero-order valence-corrected chi connectivity index (χ0v) is 15.9. The molecule has 7 nitrogen and oxygen atoms in total. The lowest BCUT2D eigenvalue weighted by Gasteiger charge is -2.07. The Labute approximate surface area is 168 Å². The number of rotatable bonds is 8. The van der Waals surface area contributed by atoms with Crippen LogP contribution in [0.4, 0.5) is 0 Å². The summed E-state index contributed by atoms with van der Waals surface area (Å²) >= 11 is 0. The van der Waals surface area contributed by atoms with Crippen molar-refractivity contribution in [3.05, 3.63) is 89.4 Å². The summed E-state index contributed by atoms with van der Waals surface area (Å²) in [5, 5.41) is 6.68. The monoisotopic (exact) mass is 391 g/mol. The van der Waals surface area contributed by atoms with Gasteiger partial charge in [-0.25, -0.2) is 5.43 Å². The number of nitrogens with one attached hydrogen (secondary N) is 2. The summed E-state index contributed by atoms with van der Waals surface area (Å²) in [6.07, 6.45) is 3.09. The van der Waals surface area contributed by atoms with Crippen molar-refractivity contribution in [1.82, 2.24) is 10.7 Å². The summed E-state index contributed by atoms with van der Waals surface area (Å²) < 4.78 is 10.6. The molecule has 0 unspecified atom stereocenters. The maximum absolute atomic E-state index is 12.1. The second kappa shape index (κ2) is 9.89. The van der Waals surface area contributed by atoms with Gasteiger partial charge in [0.05, 0.1) is 19.0 Å². The van der Waals surface area contributed by atoms with Gasteiger partial charge in [0.2, 0.25) is 0 Å². The van der Waals surface area contributed by atoms with E-state index in [9.17, 15) is 9.59 Å². The highest BCUT2D eigenvalue weighted by Gasteiger charge is 2.06. The molecule has 0 aliphatic rings. The lowest BCUT2D eigenvalue weighted by atomic mass is 10.1. The molecule has 0 atom stereocenters. The predicted molar refractivity (Wildman–Crippen MR) is 109 cm³/mol. The fourth-order valence-electron chi connectivity index (χ4n) is 2.50. The molecule has 3 rings (SSSR count). The van der Waals surface area contributed by atoms with Gasteiger partial charge in [-0.05, 0) is 60.5 Å². The van der Waals surface area contributed by atoms with E-state index in [2.05, 4.69) is 15.8 Å². The first-order chi connectivity index (χ1) is 14.1. The fourth-order valence-corrected chi connectivity index (χ4v) is 2.50. The van der Waals surface area contributed by atoms with Crippen molar-refractivity contribution in [1.29, 1.82) is 0 Å². The largest absolute Gasteiger partial charge is 0.484 e. The van der Waals surface area contributed by atoms with Crippen LogP contribution in [0, 0.1) is 6.92 Å². The first-order valence-electron chi connectivity index (χ1n) is 9.03. The van der Waals surface area contributed by atoms with Gasteiger partial charge >= 0.3 is 0 Å². The van der Waals surface area contributed by atoms with Gasteiger partial charge in [-0.2, -0.15) is 5.10 Å². The van der Waals surface area contributed by atoms with Crippen LogP contribution in [0.3, 0.4) is 0 Å². The molecule has 1 heterocycles. The molecule has 0 bridgehead atoms. The molecule has 3 aromatic rings. The van der Waals surface area contributed by atoms with Crippen molar-refractivity contribution in [3.63, 3.8) is 0 Å². The highest BCUT2D eigenvalue weighted by Crippen LogP contribution is 2.11. The second-order valence-corrected chi connectivity index (χ2v) is 6.23. The molecule has 148 valence electrons. The average molecular weight is 391 g/mol. The first kappa shape index (κ1) is 19.9. The van der Waals surface area contributed by atoms with Crippen LogP contribution in [0.1, 0.15) is 27.2 Å². The number of benzene rings is 2. The van der Waals surface area contributed by atoms with E-state index >= 15 is 0 Å². The summed E-state index contributed by atoms with van der Waals surface area (Å²) in [5.74, 6) is 0.724. The number of hydrogen-bond donors (Lipinski definition) is 2. The molecule has 0 saturated carbocycles. The topological polar surface area (TPSA) is 92.9 Å². The smallest absolute Gasteiger partial charge is 0.271 e. The van der Waals surface area contributed by atoms with E-state index in [1.165, 1.54) is 6.21 Å². The van der Waals surface area contributed by atoms with E-state index in [1.807, 2.05) is 25.1 Å². The quantitative estimate of drug-likeness (QED) is 0.456. The summed E-state index contributed by atoms with van der Waals surface area (Å²) in [4.78, 5) is 23.9. The van der Waals surface area contributed by atoms with Crippen LogP contribution in [-0.4, -0.2) is 24.6 Å². The number of furan rings is 1. The van der Waals surface area contributed by atoms with Gasteiger partial charge in [-0.15, -0.1) is 0 Å². The van der Waals surface area contributed by atoms with Crippen molar-refractivity contribution in [2.75, 3.05) is 6.61 Å². The molecule has 2 aromatic carbocycles. The van der Waals surface area contributed by atoms with Gasteiger partial charge in [0.15, 0.2) is 6.61 Å². The van der Waals surface area contributed by atoms with Gasteiger partial charge in [0.25, 0.3) is 11.8 Å². The SMILES string of the molecule is Cc1ccccc1C(=O)N/N=C\c1ccc(OCC(=O)NCc2ccco2)cc1. The summed E-state index contributed by atoms with van der Waals surface area (Å²) in [6, 6.07) is 17.9. The van der Waals surface area contributed by atoms with E-state index in [0.717, 1.165) is 11.1 Å². The van der Waals surface area contributed by atoms with Crippen LogP contribution in [0.25, 0.3) is 0 Å². The number of ether oxygens (including phenoxy) is 1. The third-order valence-corrected chi connectivity index (χ3v) is 4.06. The molecule has 0 aliphatic heterocycles. The fraction of sp³-hybridized carbons (Fsp3) is 0.136. The van der Waals surface area contributed by atoms with Gasteiger partial charge in [-0.3, -0.25) is 9.59 Å². The molecule has 0 radical (unpaired) electrons. The second-order valence-electron chi connectivity index (χ2n) is 6.23. The van der Waals surface area contributed by atoms with E-state index in [4.69, 9.17) is 9.15 Å². The van der Waals surface area contributed by atoms with Gasteiger partial charge in [0.1, 0.15) is 11.5 Å². The van der Waals surface area contributed by atoms with Crippen molar-refractivity contribution in [2.24, 2.45) is 5.10 Å². The van der Waals surface area contributed by atoms with Crippen LogP contribution >= 0.6 is 0 Å². The summed E-state index contributed by atoms with van der Waals surface area (Å²) in [5.41, 5.74) is 4.76. The maximum Gasteiger partial charge on any atom is 0.271 e. The zero-order chi connectivity index (χ0) is 20.5. The number of nitrogens with zero attached hydrogens (tertiary/aromatic N) is 1. The minimum Gasteiger partial charge on any atom is -0.484 e. The molecular weight excluding hydrogens is 370 g/mol. The Kier molecular flexibility index (Phi) is 6.78. The lowest BCUT2D eigenvalue weighted by Crippen LogP contribution is -2.28. The third-order valence-electron chi connectivity index (χ3n) is 4.06. The van der Waals surface area contributed by atoms with Gasteiger partial charge in [0, 0.05) is 5.56 Å². The highest BCUT2D eigenvalue weighted by atomic mass is 16.5. The molecule has 7 heteroatoms. The van der Waals surface area contributed by atoms with Crippen molar-refractivity contribution < 1.29 is 18.7 Å². The maximum atomic E-state index is 12.1. The number of hydrogen-bond acceptors (Lipinski definition) is 5. The standard InChI is InChI=1S/C22H21N3O4/c1-16-5-2-3-7-20(16)22(27)25-24-13-17-8-10-18(11-9-17)29-15-21(26)23-14-19-6-4-12-28-19/h2-13H,14-15H2,1H3,(H,23,26)(H,25,27)/b24-13-. The summed E-state index contributed by atoms with van der Waals surface area (Å²) in [7, 11) is 0. The molecule has 29 heavy (non-hydrogen) atoms. The number of carbonyl (C=O) groups is 2. The van der Waals surface area contributed by atoms with Crippen LogP contribution in [0.2, 0.25) is 0 Å². The van der Waals surface area contributed by atoms with E-state index < -0.39 is 0 Å². The van der Waals surface area contributed by atoms with E-state index in [-0.39, 0.29) is 18.4 Å². The molecule has 0 saturated heterocycles. The van der Waals surface area contributed by atoms with Gasteiger partial charge < -0.3 is 14.5 Å². The van der Waals surface area contributed by atoms with Crippen LogP contribution < -0.4 is 15.5 Å². The molecule has 1 aromatic heterocycles. The van der Waals surface area contributed by atoms with Crippen molar-refractivity contribution in [2.45, 2.75) is 13.5 Å². The molecule has 2 N–H and O–H groups in total. The predicted octanol–water partition coefficient (Wildman–Crippen LogP) is 3.05. The Morgan fingerprint density at radius 1 is 1.07 bits per heavy atom. The van der Waals surface area contributed by atoms with E-state index in [0.29, 0.717) is 23.6 Å². The molecule has 2 amide bonds. The van der Waals surface area contributed by atoms with Crippen LogP contribution in [0.5, 0.6) is 5.75 Å². The Bertz CT molecular complexity index is 980.